The van der Waals surface area contributed by atoms with Gasteiger partial charge in [-0.05, 0) is 34.9 Å². The van der Waals surface area contributed by atoms with Crippen LogP contribution in [0.1, 0.15) is 25.0 Å². The number of aliphatic hydroxyl groups is 1. The molecule has 4 nitrogen and oxygen atoms in total. The van der Waals surface area contributed by atoms with Gasteiger partial charge in [-0.15, -0.1) is 0 Å². The van der Waals surface area contributed by atoms with Crippen LogP contribution in [-0.2, 0) is 0 Å². The summed E-state index contributed by atoms with van der Waals surface area (Å²) in [6, 6.07) is 5.80. The summed E-state index contributed by atoms with van der Waals surface area (Å²) in [6.07, 6.45) is 2.35. The van der Waals surface area contributed by atoms with E-state index in [9.17, 15) is 5.11 Å². The van der Waals surface area contributed by atoms with Crippen molar-refractivity contribution in [1.29, 1.82) is 0 Å². The number of nitrogens with zero attached hydrogens (tertiary/aromatic N) is 1. The van der Waals surface area contributed by atoms with Crippen LogP contribution in [0.2, 0.25) is 0 Å². The van der Waals surface area contributed by atoms with Crippen LogP contribution >= 0.6 is 11.3 Å². The molecule has 0 aliphatic carbocycles. The molecule has 2 heterocycles. The molecule has 1 atom stereocenters. The lowest BCUT2D eigenvalue weighted by atomic mass is 10.2. The van der Waals surface area contributed by atoms with Crippen LogP contribution in [-0.4, -0.2) is 23.2 Å². The first kappa shape index (κ1) is 13.8. The van der Waals surface area contributed by atoms with E-state index in [-0.39, 0.29) is 0 Å². The molecule has 0 aliphatic heterocycles. The Morgan fingerprint density at radius 2 is 2.26 bits per heavy atom. The molecule has 0 spiro atoms. The highest BCUT2D eigenvalue weighted by Crippen LogP contribution is 2.18. The van der Waals surface area contributed by atoms with Gasteiger partial charge in [0, 0.05) is 31.0 Å². The van der Waals surface area contributed by atoms with Crippen molar-refractivity contribution < 1.29 is 5.11 Å². The van der Waals surface area contributed by atoms with Crippen molar-refractivity contribution in [3.8, 4) is 0 Å². The lowest BCUT2D eigenvalue weighted by Gasteiger charge is -2.12. The SMILES string of the molecule is CCCNc1cc(NCC(O)c2ccsc2)ccn1. The van der Waals surface area contributed by atoms with Crippen LogP contribution in [0.4, 0.5) is 11.5 Å². The average molecular weight is 277 g/mol. The zero-order valence-electron chi connectivity index (χ0n) is 11.0. The molecule has 5 heteroatoms. The molecule has 2 rings (SSSR count). The Morgan fingerprint density at radius 1 is 1.37 bits per heavy atom. The third-order valence-electron chi connectivity index (χ3n) is 2.74. The van der Waals surface area contributed by atoms with Crippen LogP contribution in [0.5, 0.6) is 0 Å². The van der Waals surface area contributed by atoms with E-state index in [2.05, 4.69) is 22.5 Å². The largest absolute Gasteiger partial charge is 0.387 e. The van der Waals surface area contributed by atoms with Crippen molar-refractivity contribution in [2.24, 2.45) is 0 Å². The van der Waals surface area contributed by atoms with E-state index < -0.39 is 6.10 Å². The van der Waals surface area contributed by atoms with E-state index in [0.29, 0.717) is 6.54 Å². The van der Waals surface area contributed by atoms with Gasteiger partial charge in [0.2, 0.25) is 0 Å². The van der Waals surface area contributed by atoms with E-state index in [1.807, 2.05) is 29.0 Å². The highest BCUT2D eigenvalue weighted by atomic mass is 32.1. The number of anilines is 2. The third kappa shape index (κ3) is 4.22. The maximum atomic E-state index is 9.99. The fourth-order valence-corrected chi connectivity index (χ4v) is 2.39. The maximum absolute atomic E-state index is 9.99. The van der Waals surface area contributed by atoms with Crippen molar-refractivity contribution >= 4 is 22.8 Å². The summed E-state index contributed by atoms with van der Waals surface area (Å²) in [4.78, 5) is 4.24. The monoisotopic (exact) mass is 277 g/mol. The van der Waals surface area contributed by atoms with Gasteiger partial charge >= 0.3 is 0 Å². The number of nitrogens with one attached hydrogen (secondary N) is 2. The number of hydrogen-bond acceptors (Lipinski definition) is 5. The predicted octanol–water partition coefficient (Wildman–Crippen LogP) is 3.11. The Morgan fingerprint density at radius 3 is 3.00 bits per heavy atom. The van der Waals surface area contributed by atoms with Crippen molar-refractivity contribution in [3.63, 3.8) is 0 Å². The molecule has 2 aromatic rings. The maximum Gasteiger partial charge on any atom is 0.127 e. The highest BCUT2D eigenvalue weighted by molar-refractivity contribution is 7.07. The summed E-state index contributed by atoms with van der Waals surface area (Å²) in [6.45, 7) is 3.52. The smallest absolute Gasteiger partial charge is 0.127 e. The number of pyridine rings is 1. The van der Waals surface area contributed by atoms with E-state index in [1.165, 1.54) is 0 Å². The first-order chi connectivity index (χ1) is 9.29. The fraction of sp³-hybridized carbons (Fsp3) is 0.357. The van der Waals surface area contributed by atoms with Gasteiger partial charge < -0.3 is 15.7 Å². The standard InChI is InChI=1S/C14H19N3OS/c1-2-5-15-14-8-12(3-6-16-14)17-9-13(18)11-4-7-19-10-11/h3-4,6-8,10,13,18H,2,5,9H2,1H3,(H2,15,16,17). The summed E-state index contributed by atoms with van der Waals surface area (Å²) in [5.74, 6) is 0.858. The zero-order valence-corrected chi connectivity index (χ0v) is 11.8. The molecule has 2 aromatic heterocycles. The van der Waals surface area contributed by atoms with Crippen LogP contribution < -0.4 is 10.6 Å². The Labute approximate surface area is 117 Å². The third-order valence-corrected chi connectivity index (χ3v) is 3.45. The molecule has 0 radical (unpaired) electrons. The van der Waals surface area contributed by atoms with Gasteiger partial charge in [-0.25, -0.2) is 4.98 Å². The first-order valence-electron chi connectivity index (χ1n) is 6.43. The van der Waals surface area contributed by atoms with Gasteiger partial charge in [0.25, 0.3) is 0 Å². The number of hydrogen-bond donors (Lipinski definition) is 3. The van der Waals surface area contributed by atoms with Gasteiger partial charge in [0.15, 0.2) is 0 Å². The molecule has 102 valence electrons. The fourth-order valence-electron chi connectivity index (χ4n) is 1.69. The van der Waals surface area contributed by atoms with Gasteiger partial charge in [-0.3, -0.25) is 0 Å². The summed E-state index contributed by atoms with van der Waals surface area (Å²) in [5, 5.41) is 20.4. The molecule has 0 saturated carbocycles. The van der Waals surface area contributed by atoms with Gasteiger partial charge in [0.05, 0.1) is 6.10 Å². The van der Waals surface area contributed by atoms with Crippen molar-refractivity contribution in [1.82, 2.24) is 4.98 Å². The topological polar surface area (TPSA) is 57.2 Å². The minimum Gasteiger partial charge on any atom is -0.387 e. The minimum atomic E-state index is -0.480. The Kier molecular flexibility index (Phi) is 5.18. The Bertz CT molecular complexity index is 487. The van der Waals surface area contributed by atoms with Gasteiger partial charge in [0.1, 0.15) is 5.82 Å². The molecule has 1 unspecified atom stereocenters. The molecule has 3 N–H and O–H groups in total. The van der Waals surface area contributed by atoms with E-state index >= 15 is 0 Å². The second kappa shape index (κ2) is 7.11. The highest BCUT2D eigenvalue weighted by Gasteiger charge is 2.07. The molecular formula is C14H19N3OS. The molecule has 0 fully saturated rings. The lowest BCUT2D eigenvalue weighted by Crippen LogP contribution is -2.12. The summed E-state index contributed by atoms with van der Waals surface area (Å²) < 4.78 is 0. The van der Waals surface area contributed by atoms with Crippen LogP contribution in [0.3, 0.4) is 0 Å². The van der Waals surface area contributed by atoms with Crippen LogP contribution in [0.15, 0.2) is 35.2 Å². The Balaban J connectivity index is 1.88. The minimum absolute atomic E-state index is 0.480. The lowest BCUT2D eigenvalue weighted by molar-refractivity contribution is 0.192. The Hall–Kier alpha value is -1.59. The summed E-state index contributed by atoms with van der Waals surface area (Å²) >= 11 is 1.59. The van der Waals surface area contributed by atoms with Crippen LogP contribution in [0.25, 0.3) is 0 Å². The predicted molar refractivity (Wildman–Crippen MR) is 80.8 cm³/mol. The van der Waals surface area contributed by atoms with E-state index in [0.717, 1.165) is 30.0 Å². The van der Waals surface area contributed by atoms with Crippen LogP contribution in [0, 0.1) is 0 Å². The molecule has 0 aliphatic rings. The zero-order chi connectivity index (χ0) is 13.5. The molecule has 0 saturated heterocycles. The normalized spacial score (nSPS) is 12.1. The second-order valence-corrected chi connectivity index (χ2v) is 5.09. The number of aliphatic hydroxyl groups excluding tert-OH is 1. The summed E-state index contributed by atoms with van der Waals surface area (Å²) in [7, 11) is 0. The first-order valence-corrected chi connectivity index (χ1v) is 7.38. The van der Waals surface area contributed by atoms with Crippen molar-refractivity contribution in [2.45, 2.75) is 19.4 Å². The summed E-state index contributed by atoms with van der Waals surface area (Å²) in [5.41, 5.74) is 1.92. The second-order valence-electron chi connectivity index (χ2n) is 4.31. The van der Waals surface area contributed by atoms with Gasteiger partial charge in [-0.1, -0.05) is 6.92 Å². The molecule has 0 amide bonds. The quantitative estimate of drug-likeness (QED) is 0.728. The molecular weight excluding hydrogens is 258 g/mol. The number of rotatable bonds is 7. The molecule has 0 aromatic carbocycles. The van der Waals surface area contributed by atoms with E-state index in [1.54, 1.807) is 17.5 Å². The average Bonchev–Trinajstić information content (AvgIpc) is 2.97. The van der Waals surface area contributed by atoms with Gasteiger partial charge in [-0.2, -0.15) is 11.3 Å². The molecule has 0 bridgehead atoms. The molecule has 19 heavy (non-hydrogen) atoms. The van der Waals surface area contributed by atoms with Crippen molar-refractivity contribution in [3.05, 3.63) is 40.7 Å². The van der Waals surface area contributed by atoms with E-state index in [4.69, 9.17) is 0 Å². The number of thiophene rings is 1. The number of aromatic nitrogens is 1. The van der Waals surface area contributed by atoms with Crippen molar-refractivity contribution in [2.75, 3.05) is 23.7 Å².